The van der Waals surface area contributed by atoms with Crippen LogP contribution < -0.4 is 15.3 Å². The van der Waals surface area contributed by atoms with Crippen LogP contribution in [0.2, 0.25) is 5.02 Å². The fraction of sp³-hybridized carbons (Fsp3) is 0. The minimum atomic E-state index is -0.116. The Balaban J connectivity index is 1.88. The summed E-state index contributed by atoms with van der Waals surface area (Å²) in [7, 11) is -0.116. The summed E-state index contributed by atoms with van der Waals surface area (Å²) >= 11 is 5.85. The molecule has 3 rings (SSSR count). The Labute approximate surface area is 99.3 Å². The van der Waals surface area contributed by atoms with Gasteiger partial charge in [-0.15, -0.1) is 0 Å². The SMILES string of the molecule is Clc1ccc(B2Nc3ccccc3O2)cc1. The first kappa shape index (κ1) is 9.61. The number of nitrogens with one attached hydrogen (secondary N) is 1. The second kappa shape index (κ2) is 3.76. The molecule has 0 atom stereocenters. The Kier molecular flexibility index (Phi) is 2.26. The summed E-state index contributed by atoms with van der Waals surface area (Å²) in [6.07, 6.45) is 0. The van der Waals surface area contributed by atoms with Gasteiger partial charge in [0.2, 0.25) is 0 Å². The van der Waals surface area contributed by atoms with Crippen LogP contribution in [0.4, 0.5) is 5.69 Å². The molecule has 2 aromatic carbocycles. The lowest BCUT2D eigenvalue weighted by Gasteiger charge is -2.05. The minimum Gasteiger partial charge on any atom is -0.536 e. The highest BCUT2D eigenvalue weighted by Crippen LogP contribution is 2.29. The van der Waals surface area contributed by atoms with Crippen molar-refractivity contribution in [3.63, 3.8) is 0 Å². The van der Waals surface area contributed by atoms with E-state index >= 15 is 0 Å². The molecule has 0 unspecified atom stereocenters. The van der Waals surface area contributed by atoms with Gasteiger partial charge in [0.1, 0.15) is 5.75 Å². The van der Waals surface area contributed by atoms with Gasteiger partial charge < -0.3 is 9.88 Å². The first-order valence-corrected chi connectivity index (χ1v) is 5.48. The zero-order valence-corrected chi connectivity index (χ0v) is 9.24. The van der Waals surface area contributed by atoms with Gasteiger partial charge >= 0.3 is 7.05 Å². The van der Waals surface area contributed by atoms with E-state index in [1.807, 2.05) is 48.5 Å². The van der Waals surface area contributed by atoms with Crippen LogP contribution in [-0.4, -0.2) is 7.05 Å². The maximum Gasteiger partial charge on any atom is 0.516 e. The van der Waals surface area contributed by atoms with Gasteiger partial charge in [-0.1, -0.05) is 35.9 Å². The molecule has 0 saturated carbocycles. The number of halogens is 1. The fourth-order valence-electron chi connectivity index (χ4n) is 1.78. The number of rotatable bonds is 1. The molecule has 0 aliphatic carbocycles. The van der Waals surface area contributed by atoms with E-state index in [1.54, 1.807) is 0 Å². The van der Waals surface area contributed by atoms with Gasteiger partial charge in [-0.2, -0.15) is 0 Å². The smallest absolute Gasteiger partial charge is 0.516 e. The van der Waals surface area contributed by atoms with Gasteiger partial charge in [-0.05, 0) is 29.7 Å². The second-order valence-electron chi connectivity index (χ2n) is 3.69. The largest absolute Gasteiger partial charge is 0.536 e. The fourth-order valence-corrected chi connectivity index (χ4v) is 1.90. The van der Waals surface area contributed by atoms with Gasteiger partial charge in [-0.3, -0.25) is 0 Å². The Bertz CT molecular complexity index is 490. The maximum atomic E-state index is 5.85. The molecule has 2 nitrogen and oxygen atoms in total. The summed E-state index contributed by atoms with van der Waals surface area (Å²) in [5, 5.41) is 4.04. The summed E-state index contributed by atoms with van der Waals surface area (Å²) in [6.45, 7) is 0. The van der Waals surface area contributed by atoms with Crippen molar-refractivity contribution in [2.24, 2.45) is 0 Å². The molecule has 1 aliphatic rings. The predicted octanol–water partition coefficient (Wildman–Crippen LogP) is 2.54. The molecule has 0 spiro atoms. The van der Waals surface area contributed by atoms with Gasteiger partial charge in [-0.25, -0.2) is 0 Å². The molecule has 2 aromatic rings. The van der Waals surface area contributed by atoms with Crippen molar-refractivity contribution in [2.75, 3.05) is 5.23 Å². The van der Waals surface area contributed by atoms with E-state index in [4.69, 9.17) is 16.3 Å². The van der Waals surface area contributed by atoms with Gasteiger partial charge in [0.25, 0.3) is 0 Å². The zero-order valence-electron chi connectivity index (χ0n) is 8.48. The maximum absolute atomic E-state index is 5.85. The number of fused-ring (bicyclic) bond motifs is 1. The highest BCUT2D eigenvalue weighted by molar-refractivity contribution is 6.72. The molecule has 0 aromatic heterocycles. The van der Waals surface area contributed by atoms with E-state index in [1.165, 1.54) is 0 Å². The van der Waals surface area contributed by atoms with Crippen molar-refractivity contribution in [3.05, 3.63) is 53.6 Å². The molecule has 16 heavy (non-hydrogen) atoms. The van der Waals surface area contributed by atoms with E-state index in [-0.39, 0.29) is 7.05 Å². The van der Waals surface area contributed by atoms with Crippen LogP contribution in [0.1, 0.15) is 0 Å². The second-order valence-corrected chi connectivity index (χ2v) is 4.13. The first-order chi connectivity index (χ1) is 7.83. The number of hydrogen-bond acceptors (Lipinski definition) is 2. The van der Waals surface area contributed by atoms with Crippen LogP contribution >= 0.6 is 11.6 Å². The number of anilines is 1. The molecular weight excluding hydrogens is 220 g/mol. The lowest BCUT2D eigenvalue weighted by Crippen LogP contribution is -2.40. The average Bonchev–Trinajstić information content (AvgIpc) is 2.73. The van der Waals surface area contributed by atoms with E-state index in [9.17, 15) is 0 Å². The topological polar surface area (TPSA) is 21.3 Å². The van der Waals surface area contributed by atoms with Crippen molar-refractivity contribution in [2.45, 2.75) is 0 Å². The first-order valence-electron chi connectivity index (χ1n) is 5.10. The van der Waals surface area contributed by atoms with Crippen LogP contribution in [0.25, 0.3) is 0 Å². The van der Waals surface area contributed by atoms with Crippen LogP contribution in [-0.2, 0) is 0 Å². The average molecular weight is 229 g/mol. The summed E-state index contributed by atoms with van der Waals surface area (Å²) in [5.74, 6) is 0.891. The molecule has 0 amide bonds. The van der Waals surface area contributed by atoms with E-state index in [0.29, 0.717) is 0 Å². The predicted molar refractivity (Wildman–Crippen MR) is 67.5 cm³/mol. The standard InChI is InChI=1S/C12H9BClNO/c14-10-7-5-9(6-8-10)13-15-11-3-1-2-4-12(11)16-13/h1-8,15H. The quantitative estimate of drug-likeness (QED) is 0.759. The molecule has 0 radical (unpaired) electrons. The lowest BCUT2D eigenvalue weighted by molar-refractivity contribution is 0.606. The minimum absolute atomic E-state index is 0.116. The Hall–Kier alpha value is -1.61. The number of para-hydroxylation sites is 2. The summed E-state index contributed by atoms with van der Waals surface area (Å²) in [5.41, 5.74) is 2.10. The normalized spacial score (nSPS) is 12.9. The van der Waals surface area contributed by atoms with Gasteiger partial charge in [0.15, 0.2) is 0 Å². The van der Waals surface area contributed by atoms with Crippen LogP contribution in [0.15, 0.2) is 48.5 Å². The molecule has 0 fully saturated rings. The zero-order chi connectivity index (χ0) is 11.0. The van der Waals surface area contributed by atoms with Crippen LogP contribution in [0.3, 0.4) is 0 Å². The number of benzene rings is 2. The van der Waals surface area contributed by atoms with Gasteiger partial charge in [0.05, 0.1) is 5.69 Å². The molecule has 1 heterocycles. The van der Waals surface area contributed by atoms with Crippen LogP contribution in [0, 0.1) is 0 Å². The Morgan fingerprint density at radius 3 is 2.50 bits per heavy atom. The third kappa shape index (κ3) is 1.63. The Morgan fingerprint density at radius 2 is 1.75 bits per heavy atom. The molecule has 4 heteroatoms. The van der Waals surface area contributed by atoms with E-state index < -0.39 is 0 Å². The lowest BCUT2D eigenvalue weighted by atomic mass is 9.74. The molecule has 1 N–H and O–H groups in total. The summed E-state index contributed by atoms with van der Waals surface area (Å²) < 4.78 is 5.78. The monoisotopic (exact) mass is 229 g/mol. The highest BCUT2D eigenvalue weighted by Gasteiger charge is 2.29. The Morgan fingerprint density at radius 1 is 1.00 bits per heavy atom. The van der Waals surface area contributed by atoms with Gasteiger partial charge in [0, 0.05) is 5.02 Å². The third-order valence-corrected chi connectivity index (χ3v) is 2.84. The molecule has 78 valence electrons. The van der Waals surface area contributed by atoms with Crippen molar-refractivity contribution in [1.82, 2.24) is 0 Å². The molecule has 0 bridgehead atoms. The third-order valence-electron chi connectivity index (χ3n) is 2.59. The van der Waals surface area contributed by atoms with Crippen molar-refractivity contribution in [1.29, 1.82) is 0 Å². The van der Waals surface area contributed by atoms with Crippen molar-refractivity contribution >= 4 is 29.8 Å². The van der Waals surface area contributed by atoms with E-state index in [2.05, 4.69) is 5.23 Å². The summed E-state index contributed by atoms with van der Waals surface area (Å²) in [6, 6.07) is 15.6. The van der Waals surface area contributed by atoms with Crippen molar-refractivity contribution < 1.29 is 4.65 Å². The molecule has 0 saturated heterocycles. The molecular formula is C12H9BClNO. The molecule has 1 aliphatic heterocycles. The summed E-state index contributed by atoms with van der Waals surface area (Å²) in [4.78, 5) is 0. The van der Waals surface area contributed by atoms with Crippen LogP contribution in [0.5, 0.6) is 5.75 Å². The van der Waals surface area contributed by atoms with E-state index in [0.717, 1.165) is 21.9 Å². The highest BCUT2D eigenvalue weighted by atomic mass is 35.5. The number of hydrogen-bond donors (Lipinski definition) is 1. The van der Waals surface area contributed by atoms with Crippen molar-refractivity contribution in [3.8, 4) is 5.75 Å².